The molecule has 1 fully saturated rings. The van der Waals surface area contributed by atoms with Crippen LogP contribution >= 0.6 is 0 Å². The number of hydrogen-bond donors (Lipinski definition) is 2. The first-order valence-electron chi connectivity index (χ1n) is 10.6. The number of benzene rings is 2. The lowest BCUT2D eigenvalue weighted by molar-refractivity contribution is 0.0373. The maximum Gasteiger partial charge on any atom is 0.315 e. The molecule has 2 aromatic carbocycles. The van der Waals surface area contributed by atoms with Gasteiger partial charge in [-0.15, -0.1) is 5.10 Å². The maximum absolute atomic E-state index is 12.2. The van der Waals surface area contributed by atoms with Crippen LogP contribution in [0.15, 0.2) is 59.0 Å². The summed E-state index contributed by atoms with van der Waals surface area (Å²) < 4.78 is 11.1. The van der Waals surface area contributed by atoms with E-state index in [1.165, 1.54) is 0 Å². The summed E-state index contributed by atoms with van der Waals surface area (Å²) in [5, 5.41) is 14.2. The Morgan fingerprint density at radius 2 is 1.74 bits per heavy atom. The van der Waals surface area contributed by atoms with E-state index in [1.807, 2.05) is 42.5 Å². The zero-order valence-corrected chi connectivity index (χ0v) is 17.4. The van der Waals surface area contributed by atoms with Crippen LogP contribution < -0.4 is 10.6 Å². The van der Waals surface area contributed by atoms with Gasteiger partial charge in [0.15, 0.2) is 0 Å². The molecule has 2 N–H and O–H groups in total. The van der Waals surface area contributed by atoms with Gasteiger partial charge in [-0.3, -0.25) is 9.69 Å². The molecule has 8 heteroatoms. The molecule has 0 saturated carbocycles. The smallest absolute Gasteiger partial charge is 0.315 e. The molecule has 0 unspecified atom stereocenters. The Bertz CT molecular complexity index is 953. The van der Waals surface area contributed by atoms with Gasteiger partial charge in [0.05, 0.1) is 13.2 Å². The molecule has 8 nitrogen and oxygen atoms in total. The summed E-state index contributed by atoms with van der Waals surface area (Å²) in [6.45, 7) is 5.60. The van der Waals surface area contributed by atoms with Crippen molar-refractivity contribution < 1.29 is 13.9 Å². The van der Waals surface area contributed by atoms with Crippen molar-refractivity contribution in [2.24, 2.45) is 0 Å². The van der Waals surface area contributed by atoms with Crippen molar-refractivity contribution in [2.75, 3.05) is 50.0 Å². The predicted molar refractivity (Wildman–Crippen MR) is 119 cm³/mol. The number of aromatic nitrogens is 2. The van der Waals surface area contributed by atoms with E-state index < -0.39 is 0 Å². The molecule has 0 spiro atoms. The zero-order valence-electron chi connectivity index (χ0n) is 17.4. The molecule has 4 rings (SSSR count). The second-order valence-corrected chi connectivity index (χ2v) is 7.40. The average Bonchev–Trinajstić information content (AvgIpc) is 3.29. The molecule has 0 bridgehead atoms. The van der Waals surface area contributed by atoms with Crippen molar-refractivity contribution in [1.82, 2.24) is 15.1 Å². The van der Waals surface area contributed by atoms with Gasteiger partial charge in [-0.25, -0.2) is 0 Å². The van der Waals surface area contributed by atoms with Gasteiger partial charge in [0.2, 0.25) is 5.89 Å². The van der Waals surface area contributed by atoms with Crippen LogP contribution in [0.25, 0.3) is 11.5 Å². The first kappa shape index (κ1) is 21.0. The molecule has 1 aliphatic rings. The third-order valence-corrected chi connectivity index (χ3v) is 5.13. The van der Waals surface area contributed by atoms with Gasteiger partial charge < -0.3 is 19.8 Å². The summed E-state index contributed by atoms with van der Waals surface area (Å²) in [7, 11) is 0. The Morgan fingerprint density at radius 1 is 0.968 bits per heavy atom. The van der Waals surface area contributed by atoms with Gasteiger partial charge >= 0.3 is 6.01 Å². The monoisotopic (exact) mass is 421 g/mol. The molecule has 1 aliphatic heterocycles. The van der Waals surface area contributed by atoms with Crippen molar-refractivity contribution in [3.8, 4) is 11.5 Å². The van der Waals surface area contributed by atoms with Crippen LogP contribution in [0.2, 0.25) is 0 Å². The number of carbonyl (C=O) groups excluding carboxylic acids is 1. The number of ether oxygens (including phenoxy) is 1. The van der Waals surface area contributed by atoms with Crippen LogP contribution in [0.4, 0.5) is 11.7 Å². The highest BCUT2D eigenvalue weighted by Gasteiger charge is 2.11. The first-order chi connectivity index (χ1) is 15.3. The summed E-state index contributed by atoms with van der Waals surface area (Å²) in [4.78, 5) is 14.7. The molecule has 1 aromatic heterocycles. The standard InChI is InChI=1S/C23H27N5O3/c29-21(18-6-2-1-3-7-18)25-20-10-8-19(9-11-20)22-26-27-23(31-22)24-12-4-5-13-28-14-16-30-17-15-28/h1-3,6-11H,4-5,12-17H2,(H,24,27)(H,25,29). The summed E-state index contributed by atoms with van der Waals surface area (Å²) >= 11 is 0. The molecule has 0 atom stereocenters. The third kappa shape index (κ3) is 6.13. The van der Waals surface area contributed by atoms with Crippen molar-refractivity contribution in [3.63, 3.8) is 0 Å². The van der Waals surface area contributed by atoms with Crippen LogP contribution in [0.5, 0.6) is 0 Å². The van der Waals surface area contributed by atoms with Crippen LogP contribution in [0, 0.1) is 0 Å². The van der Waals surface area contributed by atoms with Gasteiger partial charge in [-0.05, 0) is 55.8 Å². The SMILES string of the molecule is O=C(Nc1ccc(-c2nnc(NCCCCN3CCOCC3)o2)cc1)c1ccccc1. The highest BCUT2D eigenvalue weighted by molar-refractivity contribution is 6.04. The second-order valence-electron chi connectivity index (χ2n) is 7.40. The fourth-order valence-electron chi connectivity index (χ4n) is 3.38. The van der Waals surface area contributed by atoms with E-state index in [-0.39, 0.29) is 5.91 Å². The van der Waals surface area contributed by atoms with Crippen LogP contribution in [-0.2, 0) is 4.74 Å². The Labute approximate surface area is 181 Å². The van der Waals surface area contributed by atoms with E-state index in [9.17, 15) is 4.79 Å². The Morgan fingerprint density at radius 3 is 2.52 bits per heavy atom. The zero-order chi connectivity index (χ0) is 21.3. The molecule has 3 aromatic rings. The highest BCUT2D eigenvalue weighted by Crippen LogP contribution is 2.22. The van der Waals surface area contributed by atoms with Crippen molar-refractivity contribution >= 4 is 17.6 Å². The number of morpholine rings is 1. The Kier molecular flexibility index (Phi) is 7.25. The van der Waals surface area contributed by atoms with Gasteiger partial charge in [0.1, 0.15) is 0 Å². The number of nitrogens with one attached hydrogen (secondary N) is 2. The molecule has 1 amide bonds. The van der Waals surface area contributed by atoms with Crippen molar-refractivity contribution in [3.05, 3.63) is 60.2 Å². The molecular weight excluding hydrogens is 394 g/mol. The Balaban J connectivity index is 1.22. The van der Waals surface area contributed by atoms with E-state index in [0.717, 1.165) is 57.8 Å². The number of hydrogen-bond acceptors (Lipinski definition) is 7. The summed E-state index contributed by atoms with van der Waals surface area (Å²) in [5.74, 6) is 0.294. The summed E-state index contributed by atoms with van der Waals surface area (Å²) in [6, 6.07) is 16.9. The molecule has 1 saturated heterocycles. The van der Waals surface area contributed by atoms with Crippen molar-refractivity contribution in [1.29, 1.82) is 0 Å². The number of unbranched alkanes of at least 4 members (excludes halogenated alkanes) is 1. The molecular formula is C23H27N5O3. The van der Waals surface area contributed by atoms with Gasteiger partial charge in [-0.2, -0.15) is 0 Å². The lowest BCUT2D eigenvalue weighted by atomic mass is 10.2. The van der Waals surface area contributed by atoms with E-state index in [4.69, 9.17) is 9.15 Å². The van der Waals surface area contributed by atoms with E-state index in [1.54, 1.807) is 12.1 Å². The lowest BCUT2D eigenvalue weighted by Crippen LogP contribution is -2.36. The topological polar surface area (TPSA) is 92.5 Å². The molecule has 31 heavy (non-hydrogen) atoms. The average molecular weight is 422 g/mol. The molecule has 162 valence electrons. The fraction of sp³-hybridized carbons (Fsp3) is 0.348. The minimum atomic E-state index is -0.147. The maximum atomic E-state index is 12.2. The van der Waals surface area contributed by atoms with E-state index >= 15 is 0 Å². The minimum absolute atomic E-state index is 0.147. The van der Waals surface area contributed by atoms with Gasteiger partial charge in [-0.1, -0.05) is 23.3 Å². The second kappa shape index (κ2) is 10.7. The van der Waals surface area contributed by atoms with E-state index in [2.05, 4.69) is 25.7 Å². The first-order valence-corrected chi connectivity index (χ1v) is 10.6. The molecule has 0 radical (unpaired) electrons. The lowest BCUT2D eigenvalue weighted by Gasteiger charge is -2.26. The normalized spacial score (nSPS) is 14.3. The van der Waals surface area contributed by atoms with E-state index in [0.29, 0.717) is 23.2 Å². The van der Waals surface area contributed by atoms with Crippen molar-refractivity contribution in [2.45, 2.75) is 12.8 Å². The number of carbonyl (C=O) groups is 1. The number of amides is 1. The van der Waals surface area contributed by atoms with Crippen LogP contribution in [0.3, 0.4) is 0 Å². The van der Waals surface area contributed by atoms with Crippen LogP contribution in [0.1, 0.15) is 23.2 Å². The molecule has 2 heterocycles. The largest absolute Gasteiger partial charge is 0.403 e. The summed E-state index contributed by atoms with van der Waals surface area (Å²) in [5.41, 5.74) is 2.12. The van der Waals surface area contributed by atoms with Crippen LogP contribution in [-0.4, -0.2) is 60.4 Å². The fourth-order valence-corrected chi connectivity index (χ4v) is 3.38. The number of nitrogens with zero attached hydrogens (tertiary/aromatic N) is 3. The predicted octanol–water partition coefficient (Wildman–Crippen LogP) is 3.51. The van der Waals surface area contributed by atoms with Gasteiger partial charge in [0, 0.05) is 36.4 Å². The quantitative estimate of drug-likeness (QED) is 0.511. The molecule has 0 aliphatic carbocycles. The summed E-state index contributed by atoms with van der Waals surface area (Å²) in [6.07, 6.45) is 2.15. The number of rotatable bonds is 9. The minimum Gasteiger partial charge on any atom is -0.403 e. The van der Waals surface area contributed by atoms with Gasteiger partial charge in [0.25, 0.3) is 5.91 Å². The number of anilines is 2. The highest BCUT2D eigenvalue weighted by atomic mass is 16.5. The third-order valence-electron chi connectivity index (χ3n) is 5.13. The Hall–Kier alpha value is -3.23.